The molecule has 2 amide bonds. The van der Waals surface area contributed by atoms with Crippen LogP contribution in [0.3, 0.4) is 0 Å². The lowest BCUT2D eigenvalue weighted by atomic mass is 9.97. The minimum atomic E-state index is -0.0515. The highest BCUT2D eigenvalue weighted by Crippen LogP contribution is 2.27. The highest BCUT2D eigenvalue weighted by molar-refractivity contribution is 5.95. The van der Waals surface area contributed by atoms with Crippen LogP contribution >= 0.6 is 0 Å². The van der Waals surface area contributed by atoms with Crippen LogP contribution in [-0.4, -0.2) is 67.1 Å². The Morgan fingerprint density at radius 3 is 2.48 bits per heavy atom. The van der Waals surface area contributed by atoms with E-state index in [1.54, 1.807) is 14.0 Å². The summed E-state index contributed by atoms with van der Waals surface area (Å²) in [6, 6.07) is 3.70. The van der Waals surface area contributed by atoms with Gasteiger partial charge in [0.15, 0.2) is 0 Å². The summed E-state index contributed by atoms with van der Waals surface area (Å²) >= 11 is 0. The van der Waals surface area contributed by atoms with Crippen molar-refractivity contribution in [3.63, 3.8) is 0 Å². The lowest BCUT2D eigenvalue weighted by Crippen LogP contribution is -2.61. The number of carbonyl (C=O) groups excluding carboxylic acids is 2. The summed E-state index contributed by atoms with van der Waals surface area (Å²) in [5.74, 6) is 0.865. The first kappa shape index (κ1) is 17.7. The van der Waals surface area contributed by atoms with Crippen LogP contribution in [0.15, 0.2) is 12.1 Å². The van der Waals surface area contributed by atoms with Gasteiger partial charge in [0.2, 0.25) is 5.91 Å². The van der Waals surface area contributed by atoms with Crippen molar-refractivity contribution in [3.05, 3.63) is 28.8 Å². The van der Waals surface area contributed by atoms with Crippen molar-refractivity contribution < 1.29 is 19.1 Å². The Morgan fingerprint density at radius 2 is 1.88 bits per heavy atom. The minimum Gasteiger partial charge on any atom is -0.496 e. The lowest BCUT2D eigenvalue weighted by Gasteiger charge is -2.46. The van der Waals surface area contributed by atoms with Crippen LogP contribution < -0.4 is 4.74 Å². The van der Waals surface area contributed by atoms with Crippen molar-refractivity contribution in [2.24, 2.45) is 0 Å². The smallest absolute Gasteiger partial charge is 0.253 e. The van der Waals surface area contributed by atoms with Gasteiger partial charge in [0.25, 0.3) is 5.91 Å². The van der Waals surface area contributed by atoms with Gasteiger partial charge in [-0.25, -0.2) is 0 Å². The van der Waals surface area contributed by atoms with Gasteiger partial charge in [0.05, 0.1) is 25.9 Å². The van der Waals surface area contributed by atoms with E-state index in [1.807, 2.05) is 35.8 Å². The number of benzene rings is 1. The molecule has 2 aliphatic heterocycles. The number of hydrogen-bond donors (Lipinski definition) is 0. The van der Waals surface area contributed by atoms with Gasteiger partial charge in [-0.2, -0.15) is 0 Å². The zero-order valence-corrected chi connectivity index (χ0v) is 15.4. The standard InChI is InChI=1S/C19H26N2O4/c1-12-9-15(10-13(2)18(12)24-4)19(23)20-6-5-17-16(11-20)21(14(3)22)7-8-25-17/h9-10,16-17H,5-8,11H2,1-4H3. The van der Waals surface area contributed by atoms with Crippen molar-refractivity contribution in [3.8, 4) is 5.75 Å². The fourth-order valence-corrected chi connectivity index (χ4v) is 4.03. The molecule has 0 aliphatic carbocycles. The van der Waals surface area contributed by atoms with Crippen molar-refractivity contribution in [1.29, 1.82) is 0 Å². The zero-order chi connectivity index (χ0) is 18.1. The highest BCUT2D eigenvalue weighted by atomic mass is 16.5. The molecule has 0 spiro atoms. The zero-order valence-electron chi connectivity index (χ0n) is 15.4. The van der Waals surface area contributed by atoms with E-state index in [-0.39, 0.29) is 24.0 Å². The Balaban J connectivity index is 1.80. The molecule has 0 N–H and O–H groups in total. The normalized spacial score (nSPS) is 23.2. The number of carbonyl (C=O) groups is 2. The molecular weight excluding hydrogens is 320 g/mol. The third-order valence-corrected chi connectivity index (χ3v) is 5.19. The maximum Gasteiger partial charge on any atom is 0.253 e. The van der Waals surface area contributed by atoms with Crippen LogP contribution in [0.1, 0.15) is 34.8 Å². The molecular formula is C19H26N2O4. The van der Waals surface area contributed by atoms with Crippen LogP contribution in [0.2, 0.25) is 0 Å². The average molecular weight is 346 g/mol. The number of piperidine rings is 1. The van der Waals surface area contributed by atoms with Gasteiger partial charge in [-0.1, -0.05) is 0 Å². The van der Waals surface area contributed by atoms with Gasteiger partial charge in [0.1, 0.15) is 5.75 Å². The monoisotopic (exact) mass is 346 g/mol. The number of rotatable bonds is 2. The quantitative estimate of drug-likeness (QED) is 0.819. The van der Waals surface area contributed by atoms with E-state index in [4.69, 9.17) is 9.47 Å². The van der Waals surface area contributed by atoms with Crippen molar-refractivity contribution in [1.82, 2.24) is 9.80 Å². The maximum atomic E-state index is 13.0. The number of ether oxygens (including phenoxy) is 2. The molecule has 2 fully saturated rings. The average Bonchev–Trinajstić information content (AvgIpc) is 2.59. The molecule has 0 radical (unpaired) electrons. The molecule has 3 rings (SSSR count). The summed E-state index contributed by atoms with van der Waals surface area (Å²) in [5, 5.41) is 0. The molecule has 2 atom stereocenters. The molecule has 6 nitrogen and oxygen atoms in total. The molecule has 2 unspecified atom stereocenters. The van der Waals surface area contributed by atoms with Crippen LogP contribution in [0.4, 0.5) is 0 Å². The Kier molecular flexibility index (Phi) is 4.99. The minimum absolute atomic E-state index is 0.00128. The van der Waals surface area contributed by atoms with Crippen molar-refractivity contribution in [2.75, 3.05) is 33.4 Å². The predicted octanol–water partition coefficient (Wildman–Crippen LogP) is 1.77. The molecule has 1 aromatic carbocycles. The molecule has 1 aromatic rings. The molecule has 0 aromatic heterocycles. The third-order valence-electron chi connectivity index (χ3n) is 5.19. The van der Waals surface area contributed by atoms with E-state index in [1.165, 1.54) is 0 Å². The van der Waals surface area contributed by atoms with E-state index in [0.29, 0.717) is 31.8 Å². The number of likely N-dealkylation sites (tertiary alicyclic amines) is 1. The SMILES string of the molecule is COc1c(C)cc(C(=O)N2CCC3OCCN(C(C)=O)C3C2)cc1C. The fourth-order valence-electron chi connectivity index (χ4n) is 4.03. The molecule has 2 aliphatic rings. The Hall–Kier alpha value is -2.08. The summed E-state index contributed by atoms with van der Waals surface area (Å²) < 4.78 is 11.2. The summed E-state index contributed by atoms with van der Waals surface area (Å²) in [7, 11) is 1.64. The molecule has 6 heteroatoms. The molecule has 2 heterocycles. The number of methoxy groups -OCH3 is 1. The van der Waals surface area contributed by atoms with Crippen molar-refractivity contribution >= 4 is 11.8 Å². The molecule has 0 bridgehead atoms. The fraction of sp³-hybridized carbons (Fsp3) is 0.579. The van der Waals surface area contributed by atoms with Crippen LogP contribution in [0.25, 0.3) is 0 Å². The van der Waals surface area contributed by atoms with Gasteiger partial charge < -0.3 is 19.3 Å². The first-order valence-electron chi connectivity index (χ1n) is 8.75. The largest absolute Gasteiger partial charge is 0.496 e. The number of fused-ring (bicyclic) bond motifs is 1. The third kappa shape index (κ3) is 3.35. The topological polar surface area (TPSA) is 59.1 Å². The summed E-state index contributed by atoms with van der Waals surface area (Å²) in [6.45, 7) is 7.82. The number of morpholine rings is 1. The Morgan fingerprint density at radius 1 is 1.20 bits per heavy atom. The van der Waals surface area contributed by atoms with E-state index < -0.39 is 0 Å². The first-order chi connectivity index (χ1) is 11.9. The van der Waals surface area contributed by atoms with Crippen molar-refractivity contribution in [2.45, 2.75) is 39.3 Å². The second-order valence-electron chi connectivity index (χ2n) is 6.87. The maximum absolute atomic E-state index is 13.0. The number of amides is 2. The van der Waals surface area contributed by atoms with Gasteiger partial charge >= 0.3 is 0 Å². The van der Waals surface area contributed by atoms with Crippen LogP contribution in [-0.2, 0) is 9.53 Å². The molecule has 0 saturated carbocycles. The summed E-state index contributed by atoms with van der Waals surface area (Å²) in [6.07, 6.45) is 0.787. The number of nitrogens with zero attached hydrogens (tertiary/aromatic N) is 2. The number of aryl methyl sites for hydroxylation is 2. The second kappa shape index (κ2) is 7.04. The molecule has 25 heavy (non-hydrogen) atoms. The van der Waals surface area contributed by atoms with E-state index >= 15 is 0 Å². The van der Waals surface area contributed by atoms with E-state index in [0.717, 1.165) is 23.3 Å². The predicted molar refractivity (Wildman–Crippen MR) is 93.9 cm³/mol. The van der Waals surface area contributed by atoms with Crippen LogP contribution in [0.5, 0.6) is 5.75 Å². The highest BCUT2D eigenvalue weighted by Gasteiger charge is 2.39. The van der Waals surface area contributed by atoms with Crippen LogP contribution in [0, 0.1) is 13.8 Å². The summed E-state index contributed by atoms with van der Waals surface area (Å²) in [5.41, 5.74) is 2.57. The van der Waals surface area contributed by atoms with Gasteiger partial charge in [-0.15, -0.1) is 0 Å². The number of hydrogen-bond acceptors (Lipinski definition) is 4. The summed E-state index contributed by atoms with van der Waals surface area (Å²) in [4.78, 5) is 28.6. The van der Waals surface area contributed by atoms with Gasteiger partial charge in [-0.3, -0.25) is 9.59 Å². The Bertz CT molecular complexity index is 665. The van der Waals surface area contributed by atoms with Gasteiger partial charge in [-0.05, 0) is 43.5 Å². The second-order valence-corrected chi connectivity index (χ2v) is 6.87. The first-order valence-corrected chi connectivity index (χ1v) is 8.75. The van der Waals surface area contributed by atoms with Gasteiger partial charge in [0, 0.05) is 32.1 Å². The Labute approximate surface area is 148 Å². The lowest BCUT2D eigenvalue weighted by molar-refractivity contribution is -0.149. The van der Waals surface area contributed by atoms with E-state index in [2.05, 4.69) is 0 Å². The molecule has 136 valence electrons. The van der Waals surface area contributed by atoms with E-state index in [9.17, 15) is 9.59 Å². The molecule has 2 saturated heterocycles.